The molecule has 1 aliphatic heterocycles. The predicted octanol–water partition coefficient (Wildman–Crippen LogP) is 1.45. The highest BCUT2D eigenvalue weighted by molar-refractivity contribution is 5.81. The molecule has 2 atom stereocenters. The van der Waals surface area contributed by atoms with E-state index in [1.54, 1.807) is 0 Å². The average molecular weight is 254 g/mol. The van der Waals surface area contributed by atoms with Crippen molar-refractivity contribution < 1.29 is 9.53 Å². The number of carbonyl (C=O) groups excluding carboxylic acids is 1. The van der Waals surface area contributed by atoms with Crippen LogP contribution < -0.4 is 10.6 Å². The van der Waals surface area contributed by atoms with Crippen molar-refractivity contribution in [3.05, 3.63) is 0 Å². The van der Waals surface area contributed by atoms with Crippen LogP contribution in [0.25, 0.3) is 0 Å². The van der Waals surface area contributed by atoms with Gasteiger partial charge in [-0.3, -0.25) is 4.79 Å². The molecule has 0 spiro atoms. The Morgan fingerprint density at radius 2 is 2.11 bits per heavy atom. The lowest BCUT2D eigenvalue weighted by Gasteiger charge is -2.27. The van der Waals surface area contributed by atoms with Crippen molar-refractivity contribution in [3.63, 3.8) is 0 Å². The van der Waals surface area contributed by atoms with Gasteiger partial charge in [-0.1, -0.05) is 19.8 Å². The van der Waals surface area contributed by atoms with E-state index < -0.39 is 0 Å². The summed E-state index contributed by atoms with van der Waals surface area (Å²) in [5.41, 5.74) is 0. The van der Waals surface area contributed by atoms with Gasteiger partial charge in [0, 0.05) is 6.54 Å². The number of hydrogen-bond donors (Lipinski definition) is 2. The first-order valence-corrected chi connectivity index (χ1v) is 7.38. The standard InChI is InChI=1S/C14H26N2O2/c1-11-6-7-15-13(10-11)14(17)16-8-9-18-12-4-2-3-5-12/h11-13,15H,2-10H2,1H3,(H,16,17). The zero-order valence-electron chi connectivity index (χ0n) is 11.4. The molecule has 0 aromatic carbocycles. The Morgan fingerprint density at radius 3 is 2.83 bits per heavy atom. The third-order valence-electron chi connectivity index (χ3n) is 4.04. The molecule has 2 fully saturated rings. The van der Waals surface area contributed by atoms with Gasteiger partial charge in [-0.2, -0.15) is 0 Å². The van der Waals surface area contributed by atoms with E-state index in [-0.39, 0.29) is 11.9 Å². The van der Waals surface area contributed by atoms with Crippen LogP contribution in [0.5, 0.6) is 0 Å². The minimum atomic E-state index is 0.000213. The quantitative estimate of drug-likeness (QED) is 0.730. The van der Waals surface area contributed by atoms with Crippen molar-refractivity contribution in [2.45, 2.75) is 57.6 Å². The van der Waals surface area contributed by atoms with Gasteiger partial charge in [0.15, 0.2) is 0 Å². The van der Waals surface area contributed by atoms with Gasteiger partial charge in [-0.25, -0.2) is 0 Å². The first-order chi connectivity index (χ1) is 8.75. The molecule has 1 heterocycles. The van der Waals surface area contributed by atoms with Crippen molar-refractivity contribution in [1.29, 1.82) is 0 Å². The van der Waals surface area contributed by atoms with Crippen LogP contribution in [0.2, 0.25) is 0 Å². The Hall–Kier alpha value is -0.610. The van der Waals surface area contributed by atoms with Crippen molar-refractivity contribution >= 4 is 5.91 Å². The maximum Gasteiger partial charge on any atom is 0.237 e. The molecule has 104 valence electrons. The summed E-state index contributed by atoms with van der Waals surface area (Å²) >= 11 is 0. The highest BCUT2D eigenvalue weighted by Crippen LogP contribution is 2.20. The molecular weight excluding hydrogens is 228 g/mol. The molecule has 0 aromatic heterocycles. The molecule has 18 heavy (non-hydrogen) atoms. The van der Waals surface area contributed by atoms with Crippen molar-refractivity contribution in [1.82, 2.24) is 10.6 Å². The number of rotatable bonds is 5. The predicted molar refractivity (Wildman–Crippen MR) is 71.4 cm³/mol. The van der Waals surface area contributed by atoms with Gasteiger partial charge >= 0.3 is 0 Å². The smallest absolute Gasteiger partial charge is 0.237 e. The highest BCUT2D eigenvalue weighted by atomic mass is 16.5. The molecule has 2 N–H and O–H groups in total. The van der Waals surface area contributed by atoms with Crippen LogP contribution >= 0.6 is 0 Å². The van der Waals surface area contributed by atoms with E-state index in [2.05, 4.69) is 17.6 Å². The number of carbonyl (C=O) groups is 1. The molecule has 1 amide bonds. The first-order valence-electron chi connectivity index (χ1n) is 7.38. The monoisotopic (exact) mass is 254 g/mol. The molecule has 0 radical (unpaired) electrons. The van der Waals surface area contributed by atoms with Crippen LogP contribution in [-0.2, 0) is 9.53 Å². The van der Waals surface area contributed by atoms with Gasteiger partial charge in [-0.15, -0.1) is 0 Å². The van der Waals surface area contributed by atoms with E-state index in [0.717, 1.165) is 13.0 Å². The molecular formula is C14H26N2O2. The van der Waals surface area contributed by atoms with Gasteiger partial charge in [-0.05, 0) is 38.1 Å². The van der Waals surface area contributed by atoms with Crippen molar-refractivity contribution in [3.8, 4) is 0 Å². The lowest BCUT2D eigenvalue weighted by molar-refractivity contribution is -0.124. The molecule has 0 aromatic rings. The highest BCUT2D eigenvalue weighted by Gasteiger charge is 2.24. The fraction of sp³-hybridized carbons (Fsp3) is 0.929. The number of hydrogen-bond acceptors (Lipinski definition) is 3. The van der Waals surface area contributed by atoms with E-state index in [4.69, 9.17) is 4.74 Å². The molecule has 1 saturated carbocycles. The van der Waals surface area contributed by atoms with Gasteiger partial charge in [0.05, 0.1) is 18.8 Å². The van der Waals surface area contributed by atoms with E-state index in [1.807, 2.05) is 0 Å². The topological polar surface area (TPSA) is 50.4 Å². The second kappa shape index (κ2) is 7.10. The first kappa shape index (κ1) is 13.8. The molecule has 2 aliphatic rings. The largest absolute Gasteiger partial charge is 0.376 e. The Balaban J connectivity index is 1.56. The van der Waals surface area contributed by atoms with E-state index in [0.29, 0.717) is 25.2 Å². The summed E-state index contributed by atoms with van der Waals surface area (Å²) in [5, 5.41) is 6.25. The summed E-state index contributed by atoms with van der Waals surface area (Å²) in [6.45, 7) is 4.46. The fourth-order valence-corrected chi connectivity index (χ4v) is 2.89. The molecule has 1 saturated heterocycles. The van der Waals surface area contributed by atoms with Gasteiger partial charge < -0.3 is 15.4 Å². The number of piperidine rings is 1. The summed E-state index contributed by atoms with van der Waals surface area (Å²) in [5.74, 6) is 0.785. The molecule has 0 bridgehead atoms. The van der Waals surface area contributed by atoms with E-state index in [9.17, 15) is 4.79 Å². The van der Waals surface area contributed by atoms with Crippen molar-refractivity contribution in [2.24, 2.45) is 5.92 Å². The third-order valence-corrected chi connectivity index (χ3v) is 4.04. The van der Waals surface area contributed by atoms with Crippen LogP contribution in [0.1, 0.15) is 45.4 Å². The number of ether oxygens (including phenoxy) is 1. The van der Waals surface area contributed by atoms with Crippen LogP contribution in [0.3, 0.4) is 0 Å². The Labute approximate surface area is 110 Å². The number of nitrogens with one attached hydrogen (secondary N) is 2. The summed E-state index contributed by atoms with van der Waals surface area (Å²) in [7, 11) is 0. The number of amides is 1. The maximum absolute atomic E-state index is 11.9. The maximum atomic E-state index is 11.9. The van der Waals surface area contributed by atoms with Crippen molar-refractivity contribution in [2.75, 3.05) is 19.7 Å². The molecule has 4 nitrogen and oxygen atoms in total. The minimum absolute atomic E-state index is 0.000213. The Morgan fingerprint density at radius 1 is 1.33 bits per heavy atom. The molecule has 1 aliphatic carbocycles. The Bertz CT molecular complexity index is 265. The van der Waals surface area contributed by atoms with E-state index >= 15 is 0 Å². The second-order valence-electron chi connectivity index (χ2n) is 5.70. The third kappa shape index (κ3) is 4.25. The summed E-state index contributed by atoms with van der Waals surface area (Å²) in [6.07, 6.45) is 7.53. The Kier molecular flexibility index (Phi) is 5.45. The van der Waals surface area contributed by atoms with Crippen LogP contribution in [0.4, 0.5) is 0 Å². The van der Waals surface area contributed by atoms with E-state index in [1.165, 1.54) is 32.1 Å². The van der Waals surface area contributed by atoms with Gasteiger partial charge in [0.1, 0.15) is 0 Å². The zero-order valence-corrected chi connectivity index (χ0v) is 11.4. The summed E-state index contributed by atoms with van der Waals surface area (Å²) < 4.78 is 5.73. The summed E-state index contributed by atoms with van der Waals surface area (Å²) in [6, 6.07) is 0.000213. The van der Waals surface area contributed by atoms with Crippen LogP contribution in [0.15, 0.2) is 0 Å². The van der Waals surface area contributed by atoms with Crippen LogP contribution in [0, 0.1) is 5.92 Å². The average Bonchev–Trinajstić information content (AvgIpc) is 2.87. The second-order valence-corrected chi connectivity index (χ2v) is 5.70. The SMILES string of the molecule is CC1CCNC(C(=O)NCCOC2CCCC2)C1. The minimum Gasteiger partial charge on any atom is -0.376 e. The molecule has 2 unspecified atom stereocenters. The molecule has 4 heteroatoms. The summed E-state index contributed by atoms with van der Waals surface area (Å²) in [4.78, 5) is 11.9. The molecule has 2 rings (SSSR count). The lowest BCUT2D eigenvalue weighted by Crippen LogP contribution is -2.49. The lowest BCUT2D eigenvalue weighted by atomic mass is 9.94. The van der Waals surface area contributed by atoms with Gasteiger partial charge in [0.25, 0.3) is 0 Å². The zero-order chi connectivity index (χ0) is 12.8. The van der Waals surface area contributed by atoms with Crippen LogP contribution in [-0.4, -0.2) is 37.7 Å². The fourth-order valence-electron chi connectivity index (χ4n) is 2.89. The normalized spacial score (nSPS) is 29.4. The van der Waals surface area contributed by atoms with Gasteiger partial charge in [0.2, 0.25) is 5.91 Å².